The van der Waals surface area contributed by atoms with Gasteiger partial charge >= 0.3 is 0 Å². The molecular weight excluding hydrogens is 352 g/mol. The Morgan fingerprint density at radius 2 is 1.91 bits per heavy atom. The van der Waals surface area contributed by atoms with E-state index in [1.807, 2.05) is 47.4 Å². The van der Waals surface area contributed by atoms with E-state index >= 15 is 0 Å². The summed E-state index contributed by atoms with van der Waals surface area (Å²) in [7, 11) is 0. The van der Waals surface area contributed by atoms with Crippen molar-refractivity contribution in [2.24, 2.45) is 0 Å². The molecule has 0 saturated carbocycles. The number of carbonyl (C=O) groups excluding carboxylic acids is 1. The minimum atomic E-state index is 0.105. The third kappa shape index (κ3) is 2.63. The molecule has 3 aromatic rings. The lowest BCUT2D eigenvalue weighted by Gasteiger charge is -2.15. The summed E-state index contributed by atoms with van der Waals surface area (Å²) in [6, 6.07) is 18.2. The molecule has 1 aromatic heterocycles. The zero-order valence-electron chi connectivity index (χ0n) is 12.5. The van der Waals surface area contributed by atoms with Crippen molar-refractivity contribution >= 4 is 32.7 Å². The fraction of sp³-hybridized carbons (Fsp3) is 0.158. The Kier molecular flexibility index (Phi) is 3.62. The van der Waals surface area contributed by atoms with Crippen LogP contribution in [0.5, 0.6) is 0 Å². The number of para-hydroxylation sites is 1. The summed E-state index contributed by atoms with van der Waals surface area (Å²) in [6.07, 6.45) is 0.766. The van der Waals surface area contributed by atoms with Crippen LogP contribution in [-0.4, -0.2) is 22.3 Å². The van der Waals surface area contributed by atoms with Crippen LogP contribution in [0, 0.1) is 0 Å². The number of pyridine rings is 1. The van der Waals surface area contributed by atoms with Crippen molar-refractivity contribution in [2.75, 3.05) is 6.54 Å². The van der Waals surface area contributed by atoms with Gasteiger partial charge in [-0.1, -0.05) is 36.4 Å². The smallest absolute Gasteiger partial charge is 0.255 e. The van der Waals surface area contributed by atoms with Gasteiger partial charge in [0.1, 0.15) is 0 Å². The highest BCUT2D eigenvalue weighted by atomic mass is 79.9. The highest BCUT2D eigenvalue weighted by Crippen LogP contribution is 2.29. The summed E-state index contributed by atoms with van der Waals surface area (Å²) in [5.41, 5.74) is 3.92. The molecule has 0 unspecified atom stereocenters. The van der Waals surface area contributed by atoms with Crippen molar-refractivity contribution in [1.82, 2.24) is 9.88 Å². The Balaban J connectivity index is 1.51. The van der Waals surface area contributed by atoms with E-state index in [-0.39, 0.29) is 5.91 Å². The van der Waals surface area contributed by atoms with E-state index in [1.54, 1.807) is 0 Å². The average Bonchev–Trinajstić information content (AvgIpc) is 2.90. The van der Waals surface area contributed by atoms with Crippen LogP contribution < -0.4 is 0 Å². The van der Waals surface area contributed by atoms with E-state index in [1.165, 1.54) is 0 Å². The SMILES string of the molecule is O=C1c2c(Br)cccc2CN1CCc1ccc2ccccc2n1. The lowest BCUT2D eigenvalue weighted by atomic mass is 10.1. The standard InChI is InChI=1S/C19H15BrN2O/c20-16-6-3-5-14-12-22(19(23)18(14)16)11-10-15-9-8-13-4-1-2-7-17(13)21-15/h1-9H,10-12H2. The number of nitrogens with zero attached hydrogens (tertiary/aromatic N) is 2. The Morgan fingerprint density at radius 1 is 1.04 bits per heavy atom. The number of amides is 1. The molecule has 0 N–H and O–H groups in total. The van der Waals surface area contributed by atoms with E-state index in [0.717, 1.165) is 38.6 Å². The van der Waals surface area contributed by atoms with Crippen molar-refractivity contribution in [3.63, 3.8) is 0 Å². The Hall–Kier alpha value is -2.20. The fourth-order valence-electron chi connectivity index (χ4n) is 3.05. The monoisotopic (exact) mass is 366 g/mol. The normalized spacial score (nSPS) is 13.6. The number of benzene rings is 2. The van der Waals surface area contributed by atoms with Crippen LogP contribution >= 0.6 is 15.9 Å². The van der Waals surface area contributed by atoms with Crippen LogP contribution in [0.4, 0.5) is 0 Å². The molecule has 3 nitrogen and oxygen atoms in total. The van der Waals surface area contributed by atoms with Crippen molar-refractivity contribution in [1.29, 1.82) is 0 Å². The second-order valence-corrected chi connectivity index (χ2v) is 6.60. The summed E-state index contributed by atoms with van der Waals surface area (Å²) in [5.74, 6) is 0.105. The van der Waals surface area contributed by atoms with Crippen LogP contribution in [0.15, 0.2) is 59.1 Å². The maximum Gasteiger partial charge on any atom is 0.255 e. The van der Waals surface area contributed by atoms with E-state index in [9.17, 15) is 4.79 Å². The molecule has 114 valence electrons. The molecule has 0 aliphatic carbocycles. The molecule has 0 radical (unpaired) electrons. The van der Waals surface area contributed by atoms with E-state index in [4.69, 9.17) is 0 Å². The zero-order valence-corrected chi connectivity index (χ0v) is 14.1. The van der Waals surface area contributed by atoms with Gasteiger partial charge in [-0.05, 0) is 39.7 Å². The molecule has 4 heteroatoms. The maximum atomic E-state index is 12.5. The zero-order chi connectivity index (χ0) is 15.8. The molecule has 0 atom stereocenters. The van der Waals surface area contributed by atoms with Crippen molar-refractivity contribution < 1.29 is 4.79 Å². The van der Waals surface area contributed by atoms with Gasteiger partial charge in [0, 0.05) is 35.1 Å². The molecule has 1 amide bonds. The van der Waals surface area contributed by atoms with E-state index < -0.39 is 0 Å². The number of fused-ring (bicyclic) bond motifs is 2. The quantitative estimate of drug-likeness (QED) is 0.695. The van der Waals surface area contributed by atoms with Crippen LogP contribution in [0.2, 0.25) is 0 Å². The highest BCUT2D eigenvalue weighted by molar-refractivity contribution is 9.10. The molecular formula is C19H15BrN2O. The molecule has 0 fully saturated rings. The first kappa shape index (κ1) is 14.4. The first-order valence-electron chi connectivity index (χ1n) is 7.64. The number of rotatable bonds is 3. The third-order valence-corrected chi connectivity index (χ3v) is 4.92. The molecule has 1 aliphatic heterocycles. The first-order chi connectivity index (χ1) is 11.2. The molecule has 1 aliphatic rings. The number of halogens is 1. The molecule has 4 rings (SSSR count). The topological polar surface area (TPSA) is 33.2 Å². The van der Waals surface area contributed by atoms with Gasteiger partial charge in [0.15, 0.2) is 0 Å². The van der Waals surface area contributed by atoms with Crippen LogP contribution in [-0.2, 0) is 13.0 Å². The third-order valence-electron chi connectivity index (χ3n) is 4.26. The van der Waals surface area contributed by atoms with Gasteiger partial charge < -0.3 is 4.90 Å². The highest BCUT2D eigenvalue weighted by Gasteiger charge is 2.28. The Bertz CT molecular complexity index is 907. The molecule has 0 saturated heterocycles. The molecule has 2 heterocycles. The van der Waals surface area contributed by atoms with Gasteiger partial charge in [-0.2, -0.15) is 0 Å². The summed E-state index contributed by atoms with van der Waals surface area (Å²) in [6.45, 7) is 1.37. The minimum Gasteiger partial charge on any atom is -0.334 e. The molecule has 0 spiro atoms. The van der Waals surface area contributed by atoms with Gasteiger partial charge in [-0.25, -0.2) is 0 Å². The molecule has 23 heavy (non-hydrogen) atoms. The van der Waals surface area contributed by atoms with Crippen molar-refractivity contribution in [3.8, 4) is 0 Å². The van der Waals surface area contributed by atoms with Gasteiger partial charge in [0.2, 0.25) is 0 Å². The van der Waals surface area contributed by atoms with Gasteiger partial charge in [0.05, 0.1) is 11.1 Å². The van der Waals surface area contributed by atoms with Crippen LogP contribution in [0.25, 0.3) is 10.9 Å². The van der Waals surface area contributed by atoms with Gasteiger partial charge in [0.25, 0.3) is 5.91 Å². The van der Waals surface area contributed by atoms with E-state index in [0.29, 0.717) is 13.1 Å². The number of carbonyl (C=O) groups is 1. The summed E-state index contributed by atoms with van der Waals surface area (Å²) >= 11 is 3.48. The second kappa shape index (κ2) is 5.78. The Labute approximate surface area is 143 Å². The molecule has 2 aromatic carbocycles. The number of aromatic nitrogens is 1. The van der Waals surface area contributed by atoms with Crippen molar-refractivity contribution in [2.45, 2.75) is 13.0 Å². The first-order valence-corrected chi connectivity index (χ1v) is 8.43. The minimum absolute atomic E-state index is 0.105. The van der Waals surface area contributed by atoms with Crippen LogP contribution in [0.1, 0.15) is 21.6 Å². The van der Waals surface area contributed by atoms with E-state index in [2.05, 4.69) is 33.0 Å². The fourth-order valence-corrected chi connectivity index (χ4v) is 3.63. The molecule has 0 bridgehead atoms. The predicted octanol–water partition coefficient (Wildman–Crippen LogP) is 4.20. The maximum absolute atomic E-state index is 12.5. The summed E-state index contributed by atoms with van der Waals surface area (Å²) < 4.78 is 0.881. The summed E-state index contributed by atoms with van der Waals surface area (Å²) in [4.78, 5) is 19.1. The van der Waals surface area contributed by atoms with Gasteiger partial charge in [-0.3, -0.25) is 9.78 Å². The second-order valence-electron chi connectivity index (χ2n) is 5.75. The number of hydrogen-bond acceptors (Lipinski definition) is 2. The largest absolute Gasteiger partial charge is 0.334 e. The predicted molar refractivity (Wildman–Crippen MR) is 94.3 cm³/mol. The Morgan fingerprint density at radius 3 is 2.78 bits per heavy atom. The average molecular weight is 367 g/mol. The number of hydrogen-bond donors (Lipinski definition) is 0. The lowest BCUT2D eigenvalue weighted by Crippen LogP contribution is -2.26. The lowest BCUT2D eigenvalue weighted by molar-refractivity contribution is 0.0779. The van der Waals surface area contributed by atoms with Crippen molar-refractivity contribution in [3.05, 3.63) is 75.9 Å². The van der Waals surface area contributed by atoms with Gasteiger partial charge in [-0.15, -0.1) is 0 Å². The van der Waals surface area contributed by atoms with Crippen LogP contribution in [0.3, 0.4) is 0 Å². The summed E-state index contributed by atoms with van der Waals surface area (Å²) in [5, 5.41) is 1.14.